The van der Waals surface area contributed by atoms with Crippen LogP contribution in [0, 0.1) is 0 Å². The van der Waals surface area contributed by atoms with E-state index in [4.69, 9.17) is 22.3 Å². The van der Waals surface area contributed by atoms with Crippen LogP contribution in [0.1, 0.15) is 51.4 Å². The molecule has 1 aliphatic heterocycles. The second kappa shape index (κ2) is 14.7. The molecule has 12 heteroatoms. The molecule has 4 unspecified atom stereocenters. The molecule has 0 aromatic rings. The number of amides is 3. The Hall–Kier alpha value is -2.28. The molecule has 3 amide bonds. The zero-order valence-electron chi connectivity index (χ0n) is 18.5. The fourth-order valence-electron chi connectivity index (χ4n) is 3.63. The largest absolute Gasteiger partial charge is 0.480 e. The van der Waals surface area contributed by atoms with Crippen LogP contribution in [0.5, 0.6) is 0 Å². The summed E-state index contributed by atoms with van der Waals surface area (Å²) in [5.41, 5.74) is 16.5. The highest BCUT2D eigenvalue weighted by molar-refractivity contribution is 5.94. The van der Waals surface area contributed by atoms with Gasteiger partial charge < -0.3 is 42.9 Å². The van der Waals surface area contributed by atoms with Gasteiger partial charge in [-0.25, -0.2) is 4.79 Å². The number of hydrogen-bond acceptors (Lipinski definition) is 8. The molecule has 0 aromatic carbocycles. The summed E-state index contributed by atoms with van der Waals surface area (Å²) < 4.78 is 0. The maximum absolute atomic E-state index is 13.2. The van der Waals surface area contributed by atoms with Crippen LogP contribution in [0.15, 0.2) is 0 Å². The van der Waals surface area contributed by atoms with Crippen LogP contribution in [0.25, 0.3) is 0 Å². The van der Waals surface area contributed by atoms with Crippen LogP contribution >= 0.6 is 0 Å². The quantitative estimate of drug-likeness (QED) is 0.130. The first-order valence-electron chi connectivity index (χ1n) is 11.2. The molecule has 12 nitrogen and oxygen atoms in total. The molecule has 0 aliphatic carbocycles. The Balaban J connectivity index is 2.88. The average molecular weight is 459 g/mol. The predicted molar refractivity (Wildman–Crippen MR) is 117 cm³/mol. The van der Waals surface area contributed by atoms with Gasteiger partial charge in [-0.1, -0.05) is 0 Å². The van der Waals surface area contributed by atoms with Gasteiger partial charge in [0, 0.05) is 6.54 Å². The highest BCUT2D eigenvalue weighted by Gasteiger charge is 2.38. The van der Waals surface area contributed by atoms with Crippen LogP contribution in [0.3, 0.4) is 0 Å². The van der Waals surface area contributed by atoms with Gasteiger partial charge in [0.1, 0.15) is 24.2 Å². The highest BCUT2D eigenvalue weighted by atomic mass is 16.4. The number of carbonyl (C=O) groups is 4. The number of carboxylic acid groups (broad SMARTS) is 1. The predicted octanol–water partition coefficient (Wildman–Crippen LogP) is -2.39. The lowest BCUT2D eigenvalue weighted by molar-refractivity contribution is -0.145. The van der Waals surface area contributed by atoms with Crippen molar-refractivity contribution in [3.63, 3.8) is 0 Å². The number of aliphatic hydroxyl groups excluding tert-OH is 1. The van der Waals surface area contributed by atoms with Gasteiger partial charge >= 0.3 is 5.97 Å². The Morgan fingerprint density at radius 2 is 1.56 bits per heavy atom. The van der Waals surface area contributed by atoms with Crippen LogP contribution < -0.4 is 27.8 Å². The molecule has 32 heavy (non-hydrogen) atoms. The summed E-state index contributed by atoms with van der Waals surface area (Å²) >= 11 is 0. The molecule has 0 aromatic heterocycles. The molecule has 1 heterocycles. The second-order valence-electron chi connectivity index (χ2n) is 8.01. The third kappa shape index (κ3) is 8.69. The third-order valence-electron chi connectivity index (χ3n) is 5.50. The van der Waals surface area contributed by atoms with Crippen molar-refractivity contribution >= 4 is 23.7 Å². The normalized spacial score (nSPS) is 18.6. The molecule has 4 atom stereocenters. The third-order valence-corrected chi connectivity index (χ3v) is 5.50. The van der Waals surface area contributed by atoms with Crippen LogP contribution in [0.4, 0.5) is 0 Å². The van der Waals surface area contributed by atoms with Crippen LogP contribution in [-0.4, -0.2) is 89.2 Å². The van der Waals surface area contributed by atoms with E-state index in [1.807, 2.05) is 0 Å². The SMILES string of the molecule is NCCCCC(NC(=O)C1CCCN1C(=O)C(CCCCN)NC(=O)C(N)CO)C(=O)O. The lowest BCUT2D eigenvalue weighted by atomic mass is 10.1. The van der Waals surface area contributed by atoms with Gasteiger partial charge in [-0.3, -0.25) is 14.4 Å². The summed E-state index contributed by atoms with van der Waals surface area (Å²) in [7, 11) is 0. The van der Waals surface area contributed by atoms with Gasteiger partial charge in [0.15, 0.2) is 0 Å². The fraction of sp³-hybridized carbons (Fsp3) is 0.800. The first kappa shape index (κ1) is 27.8. The van der Waals surface area contributed by atoms with E-state index in [9.17, 15) is 24.3 Å². The van der Waals surface area contributed by atoms with E-state index in [1.54, 1.807) is 0 Å². The van der Waals surface area contributed by atoms with E-state index < -0.39 is 54.5 Å². The molecule has 0 spiro atoms. The number of nitrogens with one attached hydrogen (secondary N) is 2. The van der Waals surface area contributed by atoms with Crippen molar-refractivity contribution in [3.8, 4) is 0 Å². The van der Waals surface area contributed by atoms with Gasteiger partial charge in [-0.2, -0.15) is 0 Å². The number of nitrogens with zero attached hydrogens (tertiary/aromatic N) is 1. The van der Waals surface area contributed by atoms with E-state index in [0.717, 1.165) is 0 Å². The van der Waals surface area contributed by atoms with Gasteiger partial charge in [-0.05, 0) is 64.5 Å². The van der Waals surface area contributed by atoms with Crippen molar-refractivity contribution in [2.75, 3.05) is 26.2 Å². The first-order valence-corrected chi connectivity index (χ1v) is 11.2. The van der Waals surface area contributed by atoms with Crippen molar-refractivity contribution in [1.29, 1.82) is 0 Å². The maximum Gasteiger partial charge on any atom is 0.326 e. The number of aliphatic carboxylic acids is 1. The van der Waals surface area contributed by atoms with Crippen molar-refractivity contribution < 1.29 is 29.4 Å². The number of carbonyl (C=O) groups excluding carboxylic acids is 3. The number of aliphatic hydroxyl groups is 1. The van der Waals surface area contributed by atoms with E-state index in [1.165, 1.54) is 4.90 Å². The molecule has 1 fully saturated rings. The number of nitrogens with two attached hydrogens (primary N) is 3. The summed E-state index contributed by atoms with van der Waals surface area (Å²) in [6, 6.07) is -3.96. The Labute approximate surface area is 188 Å². The maximum atomic E-state index is 13.2. The minimum Gasteiger partial charge on any atom is -0.480 e. The van der Waals surface area contributed by atoms with Crippen molar-refractivity contribution in [2.45, 2.75) is 75.5 Å². The Morgan fingerprint density at radius 3 is 2.09 bits per heavy atom. The first-order chi connectivity index (χ1) is 15.3. The summed E-state index contributed by atoms with van der Waals surface area (Å²) in [6.45, 7) is 0.616. The van der Waals surface area contributed by atoms with E-state index in [0.29, 0.717) is 64.6 Å². The highest BCUT2D eigenvalue weighted by Crippen LogP contribution is 2.20. The zero-order chi connectivity index (χ0) is 24.1. The Morgan fingerprint density at radius 1 is 0.969 bits per heavy atom. The number of carboxylic acids is 1. The molecule has 1 aliphatic rings. The van der Waals surface area contributed by atoms with E-state index >= 15 is 0 Å². The minimum atomic E-state index is -1.16. The average Bonchev–Trinajstić information content (AvgIpc) is 3.26. The number of hydrogen-bond donors (Lipinski definition) is 7. The summed E-state index contributed by atoms with van der Waals surface area (Å²) in [4.78, 5) is 51.1. The number of unbranched alkanes of at least 4 members (excludes halogenated alkanes) is 2. The fourth-order valence-corrected chi connectivity index (χ4v) is 3.63. The topological polar surface area (TPSA) is 214 Å². The molecule has 0 radical (unpaired) electrons. The minimum absolute atomic E-state index is 0.246. The lowest BCUT2D eigenvalue weighted by Gasteiger charge is -2.30. The molecular weight excluding hydrogens is 420 g/mol. The zero-order valence-corrected chi connectivity index (χ0v) is 18.5. The molecule has 0 saturated carbocycles. The van der Waals surface area contributed by atoms with Gasteiger partial charge in [0.05, 0.1) is 6.61 Å². The van der Waals surface area contributed by atoms with Crippen molar-refractivity contribution in [2.24, 2.45) is 17.2 Å². The molecular formula is C20H38N6O6. The molecule has 184 valence electrons. The monoisotopic (exact) mass is 458 g/mol. The summed E-state index contributed by atoms with van der Waals surface area (Å²) in [6.07, 6.45) is 3.96. The van der Waals surface area contributed by atoms with E-state index in [-0.39, 0.29) is 6.42 Å². The van der Waals surface area contributed by atoms with Crippen LogP contribution in [0.2, 0.25) is 0 Å². The smallest absolute Gasteiger partial charge is 0.326 e. The van der Waals surface area contributed by atoms with Gasteiger partial charge in [-0.15, -0.1) is 0 Å². The second-order valence-corrected chi connectivity index (χ2v) is 8.01. The molecule has 10 N–H and O–H groups in total. The summed E-state index contributed by atoms with van der Waals surface area (Å²) in [5.74, 6) is -2.77. The molecule has 1 saturated heterocycles. The van der Waals surface area contributed by atoms with E-state index in [2.05, 4.69) is 10.6 Å². The number of rotatable bonds is 15. The van der Waals surface area contributed by atoms with Crippen LogP contribution in [-0.2, 0) is 19.2 Å². The van der Waals surface area contributed by atoms with Gasteiger partial charge in [0.25, 0.3) is 0 Å². The number of likely N-dealkylation sites (tertiary alicyclic amines) is 1. The molecule has 0 bridgehead atoms. The Bertz CT molecular complexity index is 634. The standard InChI is InChI=1S/C20H38N6O6/c21-9-3-1-6-14(24-17(28)13(23)12-27)19(30)26-11-5-8-16(26)18(29)25-15(20(31)32)7-2-4-10-22/h13-16,27H,1-12,21-23H2,(H,24,28)(H,25,29)(H,31,32). The molecule has 1 rings (SSSR count). The van der Waals surface area contributed by atoms with Gasteiger partial charge in [0.2, 0.25) is 17.7 Å². The summed E-state index contributed by atoms with van der Waals surface area (Å²) in [5, 5.41) is 23.6. The lowest BCUT2D eigenvalue weighted by Crippen LogP contribution is -2.57. The van der Waals surface area contributed by atoms with Crippen molar-refractivity contribution in [3.05, 3.63) is 0 Å². The Kier molecular flexibility index (Phi) is 12.8. The van der Waals surface area contributed by atoms with Crippen molar-refractivity contribution in [1.82, 2.24) is 15.5 Å².